The largest absolute Gasteiger partial charge is 0.456 e. The van der Waals surface area contributed by atoms with Crippen LogP contribution in [0.1, 0.15) is 0 Å². The Morgan fingerprint density at radius 2 is 0.482 bits per heavy atom. The number of hydrogen-bond donors (Lipinski definition) is 0. The van der Waals surface area contributed by atoms with Crippen LogP contribution in [0.25, 0.3) is 319 Å². The Labute approximate surface area is 809 Å². The van der Waals surface area contributed by atoms with Crippen LogP contribution in [0.15, 0.2) is 411 Å². The zero-order valence-electron chi connectivity index (χ0n) is 74.7. The van der Waals surface area contributed by atoms with Crippen molar-refractivity contribution in [3.63, 3.8) is 0 Å². The molecule has 650 valence electrons. The van der Waals surface area contributed by atoms with Gasteiger partial charge in [-0.25, -0.2) is 29.9 Å². The molecule has 141 heavy (non-hydrogen) atoms. The fourth-order valence-electron chi connectivity index (χ4n) is 24.0. The van der Waals surface area contributed by atoms with E-state index < -0.39 is 0 Å². The molecule has 0 amide bonds. The number of hydrogen-bond acceptors (Lipinski definition) is 10. The van der Waals surface area contributed by atoms with Crippen molar-refractivity contribution in [3.05, 3.63) is 406 Å². The van der Waals surface area contributed by atoms with E-state index in [9.17, 15) is 0 Å². The number of benzene rings is 20. The average molecular weight is 1850 g/mol. The Balaban J connectivity index is 0.0000000939. The second-order valence-electron chi connectivity index (χ2n) is 37.4. The van der Waals surface area contributed by atoms with E-state index >= 15 is 0 Å². The highest BCUT2D eigenvalue weighted by molar-refractivity contribution is 7.27. The molecule has 0 aliphatic carbocycles. The third-order valence-electron chi connectivity index (χ3n) is 29.9. The van der Waals surface area contributed by atoms with Crippen molar-refractivity contribution >= 4 is 308 Å². The lowest BCUT2D eigenvalue weighted by molar-refractivity contribution is 0.669. The molecule has 0 spiro atoms. The molecule has 0 unspecified atom stereocenters. The summed E-state index contributed by atoms with van der Waals surface area (Å²) in [5.74, 6) is 0. The van der Waals surface area contributed by atoms with Crippen LogP contribution >= 0.6 is 34.0 Å². The van der Waals surface area contributed by atoms with Crippen LogP contribution < -0.4 is 0 Å². The molecular formula is C126H67N11OS3. The minimum absolute atomic E-state index is 0.904. The van der Waals surface area contributed by atoms with E-state index in [1.165, 1.54) is 197 Å². The predicted octanol–water partition coefficient (Wildman–Crippen LogP) is 34.5. The normalized spacial score (nSPS) is 12.5. The molecule has 0 fully saturated rings. The molecule has 0 aliphatic heterocycles. The fourth-order valence-corrected chi connectivity index (χ4v) is 27.3. The molecule has 0 saturated carbocycles. The summed E-state index contributed by atoms with van der Waals surface area (Å²) in [4.78, 5) is 31.4. The number of thiophene rings is 3. The highest BCUT2D eigenvalue weighted by Gasteiger charge is 2.31. The number of furan rings is 1. The van der Waals surface area contributed by atoms with Crippen LogP contribution in [0.5, 0.6) is 0 Å². The Morgan fingerprint density at radius 1 is 0.177 bits per heavy atom. The van der Waals surface area contributed by atoms with Crippen molar-refractivity contribution < 1.29 is 4.42 Å². The average Bonchev–Trinajstić information content (AvgIpc) is 2.32. The van der Waals surface area contributed by atoms with Gasteiger partial charge in [-0.15, -0.1) is 34.0 Å². The number of nitrogens with zero attached hydrogens (tertiary/aromatic N) is 11. The first kappa shape index (κ1) is 76.1. The van der Waals surface area contributed by atoms with E-state index in [1.807, 2.05) is 88.6 Å². The second-order valence-corrected chi connectivity index (χ2v) is 40.6. The maximum Gasteiger partial charge on any atom is 0.165 e. The van der Waals surface area contributed by atoms with E-state index in [1.54, 1.807) is 0 Å². The molecular weight excluding hydrogens is 1780 g/mol. The van der Waals surface area contributed by atoms with E-state index in [0.717, 1.165) is 122 Å². The summed E-state index contributed by atoms with van der Waals surface area (Å²) in [6.07, 6.45) is 0. The number of aromatic nitrogens is 11. The lowest BCUT2D eigenvalue weighted by Crippen LogP contribution is -1.93. The van der Waals surface area contributed by atoms with Crippen LogP contribution in [0.2, 0.25) is 0 Å². The quantitative estimate of drug-likeness (QED) is 0.169. The van der Waals surface area contributed by atoms with Crippen LogP contribution in [-0.4, -0.2) is 52.2 Å². The van der Waals surface area contributed by atoms with Gasteiger partial charge in [-0.05, 0) is 234 Å². The van der Waals surface area contributed by atoms with Gasteiger partial charge in [-0.3, -0.25) is 13.2 Å². The monoisotopic (exact) mass is 1850 g/mol. The summed E-state index contributed by atoms with van der Waals surface area (Å²) in [7, 11) is 0. The Bertz CT molecular complexity index is 11700. The third kappa shape index (κ3) is 10.6. The Kier molecular flexibility index (Phi) is 15.3. The smallest absolute Gasteiger partial charge is 0.165 e. The molecule has 35 aromatic rings. The highest BCUT2D eigenvalue weighted by Crippen LogP contribution is 2.53. The lowest BCUT2D eigenvalue weighted by Gasteiger charge is -2.09. The topological polar surface area (TPSA) is 114 Å². The van der Waals surface area contributed by atoms with E-state index in [0.29, 0.717) is 0 Å². The van der Waals surface area contributed by atoms with Crippen molar-refractivity contribution in [3.8, 4) is 44.8 Å². The summed E-state index contributed by atoms with van der Waals surface area (Å²) in [5, 5.41) is 26.1. The van der Waals surface area contributed by atoms with E-state index in [4.69, 9.17) is 34.3 Å². The van der Waals surface area contributed by atoms with Crippen LogP contribution in [0, 0.1) is 0 Å². The van der Waals surface area contributed by atoms with Crippen molar-refractivity contribution in [2.24, 2.45) is 0 Å². The number of para-hydroxylation sites is 11. The highest BCUT2D eigenvalue weighted by atomic mass is 32.1. The molecule has 20 aromatic carbocycles. The SMILES string of the molecule is c1ccc(-n2c3ccccc3c3cc(-c4cc5c6nc7ccccc7nc6n6c7ccc8sc9ccccc9c8c7c(c4)c56)ccc32)cc1.c1ccc(-n2c3ccccc3c3ccc(-c4cc5c6nc7ccccc7nc6n6c7ccc8sc9ccccc9c8c7c(c4)c56)cc32)cc1.c1ccc2nc3c(nc2c1)c1cc(-c2ccc4oc5ccccc5c4c2)cc2c4c5c(ccc4n3c12)sc1ccccc15. The zero-order chi connectivity index (χ0) is 91.4. The number of fused-ring (bicyclic) bond motifs is 42. The second kappa shape index (κ2) is 28.3. The molecule has 15 heteroatoms. The number of rotatable bonds is 5. The Hall–Kier alpha value is -18.1. The molecule has 15 aromatic heterocycles. The van der Waals surface area contributed by atoms with Crippen molar-refractivity contribution in [2.75, 3.05) is 0 Å². The molecule has 0 saturated heterocycles. The third-order valence-corrected chi connectivity index (χ3v) is 33.3. The summed E-state index contributed by atoms with van der Waals surface area (Å²) >= 11 is 5.60. The molecule has 0 bridgehead atoms. The first-order valence-corrected chi connectivity index (χ1v) is 50.0. The first-order valence-electron chi connectivity index (χ1n) is 47.6. The minimum Gasteiger partial charge on any atom is -0.456 e. The maximum absolute atomic E-state index is 6.16. The van der Waals surface area contributed by atoms with Crippen molar-refractivity contribution in [2.45, 2.75) is 0 Å². The summed E-state index contributed by atoms with van der Waals surface area (Å²) < 4.78 is 25.8. The van der Waals surface area contributed by atoms with Crippen molar-refractivity contribution in [1.29, 1.82) is 0 Å². The van der Waals surface area contributed by atoms with Crippen LogP contribution in [0.3, 0.4) is 0 Å². The van der Waals surface area contributed by atoms with Gasteiger partial charge in [0.15, 0.2) is 16.9 Å². The lowest BCUT2D eigenvalue weighted by atomic mass is 9.97. The minimum atomic E-state index is 0.904. The van der Waals surface area contributed by atoms with Gasteiger partial charge in [0.05, 0.1) is 88.3 Å². The zero-order valence-corrected chi connectivity index (χ0v) is 77.2. The van der Waals surface area contributed by atoms with Crippen LogP contribution in [-0.2, 0) is 0 Å². The molecule has 0 N–H and O–H groups in total. The van der Waals surface area contributed by atoms with Gasteiger partial charge in [-0.1, -0.05) is 206 Å². The van der Waals surface area contributed by atoms with Crippen molar-refractivity contribution in [1.82, 2.24) is 52.2 Å². The van der Waals surface area contributed by atoms with Crippen LogP contribution in [0.4, 0.5) is 0 Å². The van der Waals surface area contributed by atoms with Gasteiger partial charge in [0.1, 0.15) is 27.7 Å². The van der Waals surface area contributed by atoms with Gasteiger partial charge < -0.3 is 13.6 Å². The molecule has 0 atom stereocenters. The van der Waals surface area contributed by atoms with Gasteiger partial charge >= 0.3 is 0 Å². The Morgan fingerprint density at radius 3 is 0.929 bits per heavy atom. The molecule has 0 aliphatic rings. The van der Waals surface area contributed by atoms with Gasteiger partial charge in [0.2, 0.25) is 0 Å². The molecule has 0 radical (unpaired) electrons. The maximum atomic E-state index is 6.16. The van der Waals surface area contributed by atoms with Gasteiger partial charge in [0.25, 0.3) is 0 Å². The summed E-state index contributed by atoms with van der Waals surface area (Å²) in [6, 6.07) is 146. The molecule has 35 rings (SSSR count). The van der Waals surface area contributed by atoms with Gasteiger partial charge in [-0.2, -0.15) is 0 Å². The molecule has 12 nitrogen and oxygen atoms in total. The summed E-state index contributed by atoms with van der Waals surface area (Å²) in [5.41, 5.74) is 34.1. The molecule has 15 heterocycles. The first-order chi connectivity index (χ1) is 69.9. The standard InChI is InChI=1S/2C44H24N4S.C38H19N3OS/c1-2-10-27(11-3-1)47-35-16-8-4-12-28(35)29-19-18-25(24-37(29)47)26-22-31-40-36(20-21-39-41(40)30-13-5-9-17-38(30)49-39)48-43(31)32(23-26)42-44(48)46-34-15-7-6-14-33(34)45-42;1-2-10-27(11-3-1)47-35-16-8-4-12-28(35)30-22-25(18-19-36(30)47)26-23-31-40-37(20-21-39-41(40)29-13-5-9-17-38(29)49-39)48-43(31)32(24-26)42-44(48)46-34-15-7-6-14-33(34)45-42;1-5-11-30-22(7-1)24-17-20(13-15-31(24)42-30)21-18-25-34-29(14-16-33-35(34)23-8-2-6-12-32(23)43-33)41-37(25)26(19-21)36-38(41)40-28-10-4-3-9-27(28)39-36/h2*1-24H;1-19H. The summed E-state index contributed by atoms with van der Waals surface area (Å²) in [6.45, 7) is 0. The van der Waals surface area contributed by atoms with E-state index in [2.05, 4.69) is 374 Å². The van der Waals surface area contributed by atoms with E-state index in [-0.39, 0.29) is 0 Å². The predicted molar refractivity (Wildman–Crippen MR) is 594 cm³/mol. The fraction of sp³-hybridized carbons (Fsp3) is 0. The van der Waals surface area contributed by atoms with Gasteiger partial charge in [0, 0.05) is 153 Å².